The van der Waals surface area contributed by atoms with Crippen LogP contribution < -0.4 is 4.74 Å². The molecule has 1 aliphatic rings. The molecule has 0 unspecified atom stereocenters. The van der Waals surface area contributed by atoms with E-state index in [9.17, 15) is 9.59 Å². The number of ether oxygens (including phenoxy) is 1. The normalized spacial score (nSPS) is 15.7. The number of hydrogen-bond donors (Lipinski definition) is 0. The monoisotopic (exact) mass is 414 g/mol. The highest BCUT2D eigenvalue weighted by Crippen LogP contribution is 2.38. The van der Waals surface area contributed by atoms with Crippen LogP contribution in [0.1, 0.15) is 30.9 Å². The highest BCUT2D eigenvalue weighted by Gasteiger charge is 2.44. The van der Waals surface area contributed by atoms with Gasteiger partial charge in [-0.1, -0.05) is 41.9 Å². The van der Waals surface area contributed by atoms with Gasteiger partial charge in [0.2, 0.25) is 11.8 Å². The molecule has 2 aromatic rings. The molecule has 0 spiro atoms. The van der Waals surface area contributed by atoms with Crippen molar-refractivity contribution >= 4 is 23.4 Å². The van der Waals surface area contributed by atoms with E-state index >= 15 is 0 Å². The Morgan fingerprint density at radius 3 is 2.38 bits per heavy atom. The van der Waals surface area contributed by atoms with Gasteiger partial charge < -0.3 is 14.5 Å². The van der Waals surface area contributed by atoms with Crippen molar-refractivity contribution < 1.29 is 14.3 Å². The van der Waals surface area contributed by atoms with Gasteiger partial charge in [0.05, 0.1) is 12.5 Å². The van der Waals surface area contributed by atoms with Crippen LogP contribution in [-0.2, 0) is 21.5 Å². The summed E-state index contributed by atoms with van der Waals surface area (Å²) >= 11 is 6.16. The molecule has 1 heterocycles. The van der Waals surface area contributed by atoms with E-state index in [-0.39, 0.29) is 11.8 Å². The zero-order valence-electron chi connectivity index (χ0n) is 17.2. The maximum atomic E-state index is 13.7. The zero-order chi connectivity index (χ0) is 21.0. The first-order valence-electron chi connectivity index (χ1n) is 9.76. The topological polar surface area (TPSA) is 49.9 Å². The Hall–Kier alpha value is -2.53. The maximum absolute atomic E-state index is 13.7. The minimum atomic E-state index is -0.645. The first-order chi connectivity index (χ1) is 13.9. The maximum Gasteiger partial charge on any atom is 0.233 e. The van der Waals surface area contributed by atoms with E-state index in [0.29, 0.717) is 43.2 Å². The molecule has 0 atom stereocenters. The lowest BCUT2D eigenvalue weighted by atomic mass is 9.71. The molecule has 0 saturated carbocycles. The molecule has 1 fully saturated rings. The molecule has 0 N–H and O–H groups in total. The number of rotatable bonds is 5. The summed E-state index contributed by atoms with van der Waals surface area (Å²) in [6.07, 6.45) is 1.21. The second-order valence-electron chi connectivity index (χ2n) is 7.57. The number of benzene rings is 2. The van der Waals surface area contributed by atoms with Gasteiger partial charge in [-0.2, -0.15) is 0 Å². The van der Waals surface area contributed by atoms with Gasteiger partial charge in [0.1, 0.15) is 5.75 Å². The third kappa shape index (κ3) is 4.40. The lowest BCUT2D eigenvalue weighted by Gasteiger charge is -2.42. The summed E-state index contributed by atoms with van der Waals surface area (Å²) in [6, 6.07) is 15.3. The van der Waals surface area contributed by atoms with Crippen LogP contribution in [0.3, 0.4) is 0 Å². The fraction of sp³-hybridized carbons (Fsp3) is 0.391. The highest BCUT2D eigenvalue weighted by atomic mass is 35.5. The molecule has 154 valence electrons. The summed E-state index contributed by atoms with van der Waals surface area (Å²) in [7, 11) is 3.42. The molecule has 0 radical (unpaired) electrons. The number of hydrogen-bond acceptors (Lipinski definition) is 3. The lowest BCUT2D eigenvalue weighted by molar-refractivity contribution is -0.141. The van der Waals surface area contributed by atoms with Crippen LogP contribution in [0.4, 0.5) is 0 Å². The molecular weight excluding hydrogens is 388 g/mol. The first kappa shape index (κ1) is 21.2. The van der Waals surface area contributed by atoms with E-state index in [0.717, 1.165) is 11.1 Å². The highest BCUT2D eigenvalue weighted by molar-refractivity contribution is 6.30. The smallest absolute Gasteiger partial charge is 0.233 e. The van der Waals surface area contributed by atoms with E-state index in [2.05, 4.69) is 0 Å². The average Bonchev–Trinajstić information content (AvgIpc) is 2.74. The van der Waals surface area contributed by atoms with Gasteiger partial charge in [-0.15, -0.1) is 0 Å². The molecule has 0 aliphatic carbocycles. The van der Waals surface area contributed by atoms with Crippen LogP contribution in [0.15, 0.2) is 48.5 Å². The average molecular weight is 415 g/mol. The quantitative estimate of drug-likeness (QED) is 0.745. The largest absolute Gasteiger partial charge is 0.496 e. The van der Waals surface area contributed by atoms with Gasteiger partial charge in [0.15, 0.2) is 0 Å². The molecule has 2 amide bonds. The summed E-state index contributed by atoms with van der Waals surface area (Å²) in [5.74, 6) is 0.805. The Labute approximate surface area is 177 Å². The first-order valence-corrected chi connectivity index (χ1v) is 10.1. The minimum Gasteiger partial charge on any atom is -0.496 e. The van der Waals surface area contributed by atoms with E-state index < -0.39 is 5.41 Å². The van der Waals surface area contributed by atoms with Crippen molar-refractivity contribution in [3.63, 3.8) is 0 Å². The van der Waals surface area contributed by atoms with Crippen LogP contribution in [0.5, 0.6) is 5.75 Å². The molecule has 6 heteroatoms. The predicted molar refractivity (Wildman–Crippen MR) is 114 cm³/mol. The van der Waals surface area contributed by atoms with Gasteiger partial charge in [-0.3, -0.25) is 9.59 Å². The van der Waals surface area contributed by atoms with Crippen molar-refractivity contribution in [2.24, 2.45) is 0 Å². The van der Waals surface area contributed by atoms with Crippen molar-refractivity contribution in [3.8, 4) is 5.75 Å². The fourth-order valence-corrected chi connectivity index (χ4v) is 4.34. The van der Waals surface area contributed by atoms with Crippen molar-refractivity contribution in [2.75, 3.05) is 27.2 Å². The predicted octanol–water partition coefficient (Wildman–Crippen LogP) is 3.89. The third-order valence-corrected chi connectivity index (χ3v) is 6.03. The van der Waals surface area contributed by atoms with Gasteiger partial charge in [-0.25, -0.2) is 0 Å². The fourth-order valence-electron chi connectivity index (χ4n) is 4.15. The molecule has 1 saturated heterocycles. The molecule has 3 rings (SSSR count). The molecule has 1 aliphatic heterocycles. The SMILES string of the molecule is COc1ccc(Cl)cc1CN(C)C(=O)C1(c2ccccc2)CCN(C(C)=O)CC1. The van der Waals surface area contributed by atoms with Crippen molar-refractivity contribution in [1.82, 2.24) is 9.80 Å². The molecule has 0 aromatic heterocycles. The van der Waals surface area contributed by atoms with E-state index in [1.54, 1.807) is 25.0 Å². The molecule has 2 aromatic carbocycles. The van der Waals surface area contributed by atoms with Crippen LogP contribution in [0.2, 0.25) is 5.02 Å². The number of likely N-dealkylation sites (N-methyl/N-ethyl adjacent to an activating group) is 1. The third-order valence-electron chi connectivity index (χ3n) is 5.79. The van der Waals surface area contributed by atoms with E-state index in [1.165, 1.54) is 0 Å². The lowest BCUT2D eigenvalue weighted by Crippen LogP contribution is -2.52. The minimum absolute atomic E-state index is 0.0499. The number of carbonyl (C=O) groups is 2. The number of amides is 2. The summed E-state index contributed by atoms with van der Waals surface area (Å²) in [5, 5.41) is 0.606. The van der Waals surface area contributed by atoms with Crippen LogP contribution in [0.25, 0.3) is 0 Å². The molecule has 0 bridgehead atoms. The van der Waals surface area contributed by atoms with E-state index in [4.69, 9.17) is 16.3 Å². The molecule has 29 heavy (non-hydrogen) atoms. The van der Waals surface area contributed by atoms with Crippen molar-refractivity contribution in [1.29, 1.82) is 0 Å². The number of carbonyl (C=O) groups excluding carboxylic acids is 2. The second-order valence-corrected chi connectivity index (χ2v) is 8.01. The molecular formula is C23H27ClN2O3. The van der Waals surface area contributed by atoms with Crippen LogP contribution in [0, 0.1) is 0 Å². The number of methoxy groups -OCH3 is 1. The Bertz CT molecular complexity index is 877. The summed E-state index contributed by atoms with van der Waals surface area (Å²) in [5.41, 5.74) is 1.21. The number of likely N-dealkylation sites (tertiary alicyclic amines) is 1. The van der Waals surface area contributed by atoms with Gasteiger partial charge in [0.25, 0.3) is 0 Å². The Morgan fingerprint density at radius 2 is 1.79 bits per heavy atom. The van der Waals surface area contributed by atoms with Crippen LogP contribution >= 0.6 is 11.6 Å². The van der Waals surface area contributed by atoms with Crippen molar-refractivity contribution in [3.05, 3.63) is 64.7 Å². The second kappa shape index (κ2) is 8.87. The van der Waals surface area contributed by atoms with Gasteiger partial charge in [-0.05, 0) is 36.6 Å². The Kier molecular flexibility index (Phi) is 6.48. The summed E-state index contributed by atoms with van der Waals surface area (Å²) in [6.45, 7) is 3.12. The van der Waals surface area contributed by atoms with Crippen molar-refractivity contribution in [2.45, 2.75) is 31.7 Å². The Morgan fingerprint density at radius 1 is 1.14 bits per heavy atom. The number of piperidine rings is 1. The zero-order valence-corrected chi connectivity index (χ0v) is 17.9. The van der Waals surface area contributed by atoms with E-state index in [1.807, 2.05) is 54.4 Å². The number of halogens is 1. The Balaban J connectivity index is 1.89. The van der Waals surface area contributed by atoms with Gasteiger partial charge >= 0.3 is 0 Å². The van der Waals surface area contributed by atoms with Gasteiger partial charge in [0, 0.05) is 44.2 Å². The molecule has 5 nitrogen and oxygen atoms in total. The number of nitrogens with zero attached hydrogens (tertiary/aromatic N) is 2. The van der Waals surface area contributed by atoms with Crippen LogP contribution in [-0.4, -0.2) is 48.9 Å². The summed E-state index contributed by atoms with van der Waals surface area (Å²) in [4.78, 5) is 29.1. The summed E-state index contributed by atoms with van der Waals surface area (Å²) < 4.78 is 5.44. The standard InChI is InChI=1S/C23H27ClN2O3/c1-17(27)26-13-11-23(12-14-26,19-7-5-4-6-8-19)22(28)25(2)16-18-15-20(24)9-10-21(18)29-3/h4-10,15H,11-14,16H2,1-3H3.